The Morgan fingerprint density at radius 3 is 2.51 bits per heavy atom. The number of ether oxygens (including phenoxy) is 2. The van der Waals surface area contributed by atoms with E-state index < -0.39 is 34.9 Å². The van der Waals surface area contributed by atoms with Crippen molar-refractivity contribution in [3.05, 3.63) is 103 Å². The van der Waals surface area contributed by atoms with E-state index in [0.717, 1.165) is 33.6 Å². The number of hydrogen-bond donors (Lipinski definition) is 2. The standard InChI is InChI=1S/C32H26ClN3O7S2/c1-3-42-31(40)17-8-11-19(12-9-17)36-29(38)25-24(26-28(35-32(41)45-26)44-27(25)30(36)39)20-14-18(33)10-13-22(20)43-15-23(37)34-21-7-5-4-6-16(21)2/h4-14,24-25,27H,3,15H2,1-2H3,(H,34,37)(H,35,41)/t24-,25-,27+/m0/s1. The van der Waals surface area contributed by atoms with Crippen LogP contribution in [0.25, 0.3) is 0 Å². The molecule has 3 atom stereocenters. The third kappa shape index (κ3) is 5.88. The first-order chi connectivity index (χ1) is 21.7. The van der Waals surface area contributed by atoms with Crippen LogP contribution in [0, 0.1) is 12.8 Å². The third-order valence-electron chi connectivity index (χ3n) is 7.55. The van der Waals surface area contributed by atoms with E-state index >= 15 is 0 Å². The zero-order valence-electron chi connectivity index (χ0n) is 24.0. The summed E-state index contributed by atoms with van der Waals surface area (Å²) in [6.45, 7) is 3.46. The summed E-state index contributed by atoms with van der Waals surface area (Å²) in [7, 11) is 0. The van der Waals surface area contributed by atoms with Crippen LogP contribution in [0.1, 0.15) is 39.2 Å². The quantitative estimate of drug-likeness (QED) is 0.189. The molecule has 3 heterocycles. The number of nitrogens with one attached hydrogen (secondary N) is 2. The number of hydrogen-bond acceptors (Lipinski definition) is 9. The highest BCUT2D eigenvalue weighted by atomic mass is 35.5. The fraction of sp³-hybridized carbons (Fsp3) is 0.219. The van der Waals surface area contributed by atoms with Crippen LogP contribution < -0.4 is 19.8 Å². The molecule has 3 amide bonds. The zero-order chi connectivity index (χ0) is 31.8. The number of carbonyl (C=O) groups is 4. The molecule has 0 radical (unpaired) electrons. The average molecular weight is 664 g/mol. The van der Waals surface area contributed by atoms with E-state index in [4.69, 9.17) is 21.1 Å². The maximum atomic E-state index is 14.1. The Morgan fingerprint density at radius 1 is 1.02 bits per heavy atom. The van der Waals surface area contributed by atoms with E-state index in [1.807, 2.05) is 25.1 Å². The topological polar surface area (TPSA) is 135 Å². The number of thiazole rings is 1. The molecule has 0 unspecified atom stereocenters. The minimum atomic E-state index is -0.909. The van der Waals surface area contributed by atoms with Gasteiger partial charge in [-0.15, -0.1) is 0 Å². The molecule has 1 fully saturated rings. The van der Waals surface area contributed by atoms with E-state index in [0.29, 0.717) is 37.6 Å². The molecule has 0 bridgehead atoms. The summed E-state index contributed by atoms with van der Waals surface area (Å²) in [5.74, 6) is -3.22. The van der Waals surface area contributed by atoms with Gasteiger partial charge >= 0.3 is 10.8 Å². The van der Waals surface area contributed by atoms with Gasteiger partial charge in [0.15, 0.2) is 6.61 Å². The van der Waals surface area contributed by atoms with Crippen molar-refractivity contribution in [3.63, 3.8) is 0 Å². The first-order valence-corrected chi connectivity index (χ1v) is 16.1. The van der Waals surface area contributed by atoms with E-state index in [1.165, 1.54) is 24.3 Å². The molecule has 3 aromatic carbocycles. The number of amides is 3. The van der Waals surface area contributed by atoms with Gasteiger partial charge in [0.25, 0.3) is 5.91 Å². The van der Waals surface area contributed by atoms with Crippen LogP contribution in [0.15, 0.2) is 76.6 Å². The number of aryl methyl sites for hydroxylation is 1. The second-order valence-electron chi connectivity index (χ2n) is 10.4. The Bertz CT molecular complexity index is 1890. The molecule has 2 aliphatic heterocycles. The summed E-state index contributed by atoms with van der Waals surface area (Å²) in [6.07, 6.45) is 0. The van der Waals surface area contributed by atoms with Crippen LogP contribution in [-0.4, -0.2) is 47.1 Å². The summed E-state index contributed by atoms with van der Waals surface area (Å²) < 4.78 is 11.0. The van der Waals surface area contributed by atoms with E-state index in [2.05, 4.69) is 10.3 Å². The minimum absolute atomic E-state index is 0.213. The normalized spacial score (nSPS) is 18.7. The van der Waals surface area contributed by atoms with Gasteiger partial charge in [-0.1, -0.05) is 52.9 Å². The van der Waals surface area contributed by atoms with Gasteiger partial charge in [0, 0.05) is 27.1 Å². The molecular formula is C32H26ClN3O7S2. The average Bonchev–Trinajstić information content (AvgIpc) is 3.51. The number of imide groups is 1. The van der Waals surface area contributed by atoms with Crippen molar-refractivity contribution in [2.45, 2.75) is 30.0 Å². The van der Waals surface area contributed by atoms with Crippen LogP contribution in [0.5, 0.6) is 5.75 Å². The lowest BCUT2D eigenvalue weighted by molar-refractivity contribution is -0.122. The molecule has 0 saturated carbocycles. The van der Waals surface area contributed by atoms with Crippen molar-refractivity contribution in [1.29, 1.82) is 0 Å². The van der Waals surface area contributed by atoms with Gasteiger partial charge in [0.1, 0.15) is 11.0 Å². The maximum Gasteiger partial charge on any atom is 0.338 e. The minimum Gasteiger partial charge on any atom is -0.483 e. The number of H-pyrrole nitrogens is 1. The second-order valence-corrected chi connectivity index (χ2v) is 13.0. The van der Waals surface area contributed by atoms with E-state index in [-0.39, 0.29) is 29.6 Å². The van der Waals surface area contributed by atoms with Gasteiger partial charge < -0.3 is 19.8 Å². The number of para-hydroxylation sites is 1. The summed E-state index contributed by atoms with van der Waals surface area (Å²) in [5.41, 5.74) is 2.61. The van der Waals surface area contributed by atoms with Gasteiger partial charge in [0.2, 0.25) is 11.8 Å². The Labute approximate surface area is 270 Å². The van der Waals surface area contributed by atoms with Crippen LogP contribution in [0.3, 0.4) is 0 Å². The second kappa shape index (κ2) is 12.5. The number of fused-ring (bicyclic) bond motifs is 2. The van der Waals surface area contributed by atoms with Crippen LogP contribution in [0.4, 0.5) is 11.4 Å². The molecule has 230 valence electrons. The van der Waals surface area contributed by atoms with Crippen molar-refractivity contribution in [1.82, 2.24) is 4.98 Å². The Morgan fingerprint density at radius 2 is 1.78 bits per heavy atom. The number of esters is 1. The molecule has 10 nitrogen and oxygen atoms in total. The Hall–Kier alpha value is -4.39. The fourth-order valence-electron chi connectivity index (χ4n) is 5.50. The number of nitrogens with zero attached hydrogens (tertiary/aromatic N) is 1. The van der Waals surface area contributed by atoms with Crippen LogP contribution >= 0.6 is 34.7 Å². The van der Waals surface area contributed by atoms with Crippen molar-refractivity contribution in [2.75, 3.05) is 23.4 Å². The number of carbonyl (C=O) groups excluding carboxylic acids is 4. The lowest BCUT2D eigenvalue weighted by Gasteiger charge is -2.31. The number of aromatic nitrogens is 1. The molecule has 1 saturated heterocycles. The highest BCUT2D eigenvalue weighted by Crippen LogP contribution is 2.54. The molecule has 2 N–H and O–H groups in total. The van der Waals surface area contributed by atoms with Gasteiger partial charge in [-0.3, -0.25) is 19.2 Å². The van der Waals surface area contributed by atoms with Crippen molar-refractivity contribution in [2.24, 2.45) is 5.92 Å². The predicted molar refractivity (Wildman–Crippen MR) is 172 cm³/mol. The first-order valence-electron chi connectivity index (χ1n) is 14.0. The maximum absolute atomic E-state index is 14.1. The summed E-state index contributed by atoms with van der Waals surface area (Å²) in [6, 6.07) is 18.3. The summed E-state index contributed by atoms with van der Waals surface area (Å²) in [4.78, 5) is 69.6. The van der Waals surface area contributed by atoms with Gasteiger partial charge in [-0.25, -0.2) is 9.69 Å². The predicted octanol–water partition coefficient (Wildman–Crippen LogP) is 5.39. The third-order valence-corrected chi connectivity index (χ3v) is 10.2. The molecule has 4 aromatic rings. The number of benzene rings is 3. The summed E-state index contributed by atoms with van der Waals surface area (Å²) >= 11 is 8.53. The molecule has 45 heavy (non-hydrogen) atoms. The molecule has 1 aromatic heterocycles. The largest absolute Gasteiger partial charge is 0.483 e. The smallest absolute Gasteiger partial charge is 0.338 e. The highest BCUT2D eigenvalue weighted by molar-refractivity contribution is 8.00. The van der Waals surface area contributed by atoms with Crippen molar-refractivity contribution in [3.8, 4) is 5.75 Å². The van der Waals surface area contributed by atoms with Gasteiger partial charge in [0.05, 0.1) is 28.8 Å². The van der Waals surface area contributed by atoms with Gasteiger partial charge in [-0.2, -0.15) is 0 Å². The fourth-order valence-corrected chi connectivity index (χ4v) is 8.19. The van der Waals surface area contributed by atoms with Crippen LogP contribution in [-0.2, 0) is 19.1 Å². The van der Waals surface area contributed by atoms with Crippen molar-refractivity contribution < 1.29 is 28.7 Å². The molecule has 0 spiro atoms. The SMILES string of the molecule is CCOC(=O)c1ccc(N2C(=O)[C@H]3[C@H](c4cc(Cl)ccc4OCC(=O)Nc4ccccc4C)c4sc(=O)[nH]c4S[C@H]3C2=O)cc1. The molecule has 13 heteroatoms. The number of halogens is 1. The summed E-state index contributed by atoms with van der Waals surface area (Å²) in [5, 5.41) is 2.81. The molecule has 2 aliphatic rings. The molecular weight excluding hydrogens is 638 g/mol. The van der Waals surface area contributed by atoms with Crippen LogP contribution in [0.2, 0.25) is 5.02 Å². The lowest BCUT2D eigenvalue weighted by atomic mass is 9.82. The number of thioether (sulfide) groups is 1. The zero-order valence-corrected chi connectivity index (χ0v) is 26.4. The van der Waals surface area contributed by atoms with Crippen molar-refractivity contribution >= 4 is 69.8 Å². The number of anilines is 2. The highest BCUT2D eigenvalue weighted by Gasteiger charge is 2.57. The van der Waals surface area contributed by atoms with Gasteiger partial charge in [-0.05, 0) is 67.9 Å². The Kier molecular flexibility index (Phi) is 8.54. The Balaban J connectivity index is 1.34. The first kappa shape index (κ1) is 30.6. The van der Waals surface area contributed by atoms with E-state index in [9.17, 15) is 24.0 Å². The van der Waals surface area contributed by atoms with E-state index in [1.54, 1.807) is 31.2 Å². The molecule has 6 rings (SSSR count). The lowest BCUT2D eigenvalue weighted by Crippen LogP contribution is -2.32. The monoisotopic (exact) mass is 663 g/mol. The molecule has 0 aliphatic carbocycles. The number of rotatable bonds is 8. The number of aromatic amines is 1.